The number of ether oxygens (including phenoxy) is 2. The van der Waals surface area contributed by atoms with Crippen LogP contribution in [0.2, 0.25) is 0 Å². The summed E-state index contributed by atoms with van der Waals surface area (Å²) < 4.78 is 10.5. The van der Waals surface area contributed by atoms with Gasteiger partial charge in [0.2, 0.25) is 0 Å². The van der Waals surface area contributed by atoms with Gasteiger partial charge in [-0.25, -0.2) is 4.79 Å². The number of methoxy groups -OCH3 is 1. The summed E-state index contributed by atoms with van der Waals surface area (Å²) in [4.78, 5) is 18.3. The number of hydrogen-bond acceptors (Lipinski definition) is 4. The van der Waals surface area contributed by atoms with Gasteiger partial charge in [0.1, 0.15) is 5.60 Å². The normalized spacial score (nSPS) is 19.0. The first-order valence-corrected chi connectivity index (χ1v) is 8.58. The summed E-state index contributed by atoms with van der Waals surface area (Å²) >= 11 is 0. The zero-order valence-electron chi connectivity index (χ0n) is 16.4. The highest BCUT2D eigenvalue weighted by Gasteiger charge is 2.33. The molecule has 25 heavy (non-hydrogen) atoms. The molecule has 1 amide bonds. The fraction of sp³-hybridized carbons (Fsp3) is 0.882. The van der Waals surface area contributed by atoms with E-state index in [-0.39, 0.29) is 41.5 Å². The summed E-state index contributed by atoms with van der Waals surface area (Å²) in [5, 5.41) is 3.11. The number of hydrogen-bond donors (Lipinski definition) is 2. The summed E-state index contributed by atoms with van der Waals surface area (Å²) in [6.07, 6.45) is 1.54. The molecule has 0 bridgehead atoms. The lowest BCUT2D eigenvalue weighted by Gasteiger charge is -2.39. The number of likely N-dealkylation sites (tertiary alicyclic amines) is 1. The highest BCUT2D eigenvalue weighted by molar-refractivity contribution is 14.0. The van der Waals surface area contributed by atoms with Gasteiger partial charge in [-0.1, -0.05) is 6.92 Å². The summed E-state index contributed by atoms with van der Waals surface area (Å²) in [5.74, 6) is 0.440. The molecule has 0 spiro atoms. The van der Waals surface area contributed by atoms with Gasteiger partial charge in [0.25, 0.3) is 0 Å². The lowest BCUT2D eigenvalue weighted by molar-refractivity contribution is 0.0127. The number of nitrogens with zero attached hydrogens (tertiary/aromatic N) is 2. The molecule has 0 radical (unpaired) electrons. The zero-order chi connectivity index (χ0) is 18.4. The highest BCUT2D eigenvalue weighted by atomic mass is 127. The van der Waals surface area contributed by atoms with Crippen LogP contribution in [0.4, 0.5) is 4.79 Å². The second kappa shape index (κ2) is 10.4. The van der Waals surface area contributed by atoms with E-state index in [4.69, 9.17) is 15.2 Å². The highest BCUT2D eigenvalue weighted by Crippen LogP contribution is 2.31. The lowest BCUT2D eigenvalue weighted by atomic mass is 9.80. The second-order valence-electron chi connectivity index (χ2n) is 7.98. The van der Waals surface area contributed by atoms with Crippen molar-refractivity contribution in [1.82, 2.24) is 10.2 Å². The number of rotatable bonds is 5. The second-order valence-corrected chi connectivity index (χ2v) is 7.98. The Morgan fingerprint density at radius 2 is 1.92 bits per heavy atom. The van der Waals surface area contributed by atoms with Crippen LogP contribution in [0.15, 0.2) is 4.99 Å². The predicted octanol–water partition coefficient (Wildman–Crippen LogP) is 2.58. The molecule has 3 N–H and O–H groups in total. The first kappa shape index (κ1) is 24.2. The van der Waals surface area contributed by atoms with Gasteiger partial charge >= 0.3 is 6.09 Å². The van der Waals surface area contributed by atoms with Gasteiger partial charge in [-0.15, -0.1) is 24.0 Å². The van der Waals surface area contributed by atoms with Crippen LogP contribution in [0, 0.1) is 5.41 Å². The van der Waals surface area contributed by atoms with Crippen molar-refractivity contribution >= 4 is 36.0 Å². The van der Waals surface area contributed by atoms with Crippen LogP contribution in [0.5, 0.6) is 0 Å². The van der Waals surface area contributed by atoms with Crippen molar-refractivity contribution < 1.29 is 14.3 Å². The molecule has 1 unspecified atom stereocenters. The number of nitrogens with two attached hydrogens (primary N) is 1. The van der Waals surface area contributed by atoms with Gasteiger partial charge in [-0.05, 0) is 46.0 Å². The van der Waals surface area contributed by atoms with E-state index in [1.807, 2.05) is 27.7 Å². The van der Waals surface area contributed by atoms with Gasteiger partial charge < -0.3 is 25.4 Å². The fourth-order valence-corrected chi connectivity index (χ4v) is 2.58. The minimum atomic E-state index is -0.457. The molecule has 0 aromatic rings. The fourth-order valence-electron chi connectivity index (χ4n) is 2.58. The van der Waals surface area contributed by atoms with E-state index in [0.29, 0.717) is 32.2 Å². The minimum absolute atomic E-state index is 0. The van der Waals surface area contributed by atoms with Gasteiger partial charge in [0, 0.05) is 32.8 Å². The van der Waals surface area contributed by atoms with E-state index in [0.717, 1.165) is 12.8 Å². The van der Waals surface area contributed by atoms with Crippen LogP contribution < -0.4 is 11.1 Å². The molecule has 1 saturated heterocycles. The first-order chi connectivity index (χ1) is 11.0. The van der Waals surface area contributed by atoms with Gasteiger partial charge in [0.05, 0.1) is 6.61 Å². The van der Waals surface area contributed by atoms with Crippen LogP contribution in [0.1, 0.15) is 47.5 Å². The molecule has 1 fully saturated rings. The summed E-state index contributed by atoms with van der Waals surface area (Å²) in [6, 6.07) is 0.126. The maximum absolute atomic E-state index is 12.1. The number of nitrogens with one attached hydrogen (secondary N) is 1. The Balaban J connectivity index is 0.00000576. The molecule has 0 aromatic heterocycles. The molecule has 7 nitrogen and oxygen atoms in total. The Hall–Kier alpha value is -0.770. The van der Waals surface area contributed by atoms with Crippen molar-refractivity contribution in [3.05, 3.63) is 0 Å². The molecule has 148 valence electrons. The molecule has 1 rings (SSSR count). The molecular weight excluding hydrogens is 435 g/mol. The average molecular weight is 470 g/mol. The third-order valence-corrected chi connectivity index (χ3v) is 4.06. The summed E-state index contributed by atoms with van der Waals surface area (Å²) in [7, 11) is 1.66. The maximum Gasteiger partial charge on any atom is 0.410 e. The molecule has 1 heterocycles. The van der Waals surface area contributed by atoms with Crippen molar-refractivity contribution in [1.29, 1.82) is 0 Å². The molecule has 1 aliphatic heterocycles. The molecule has 1 atom stereocenters. The van der Waals surface area contributed by atoms with Crippen molar-refractivity contribution in [3.63, 3.8) is 0 Å². The van der Waals surface area contributed by atoms with E-state index in [1.165, 1.54) is 0 Å². The molecule has 8 heteroatoms. The van der Waals surface area contributed by atoms with Crippen LogP contribution in [-0.4, -0.2) is 61.9 Å². The topological polar surface area (TPSA) is 89.2 Å². The molecular formula is C17H35IN4O3. The number of aliphatic imine (C=N–C) groups is 1. The monoisotopic (exact) mass is 470 g/mol. The minimum Gasteiger partial charge on any atom is -0.444 e. The number of carbonyl (C=O) groups is 1. The van der Waals surface area contributed by atoms with Gasteiger partial charge in [-0.3, -0.25) is 4.99 Å². The molecule has 1 aliphatic rings. The van der Waals surface area contributed by atoms with Crippen molar-refractivity contribution in [2.45, 2.75) is 59.1 Å². The lowest BCUT2D eigenvalue weighted by Crippen LogP contribution is -2.46. The largest absolute Gasteiger partial charge is 0.444 e. The van der Waals surface area contributed by atoms with Crippen LogP contribution >= 0.6 is 24.0 Å². The van der Waals surface area contributed by atoms with Crippen LogP contribution in [0.3, 0.4) is 0 Å². The number of carbonyl (C=O) groups excluding carboxylic acids is 1. The van der Waals surface area contributed by atoms with E-state index in [9.17, 15) is 4.79 Å². The Bertz CT molecular complexity index is 444. The average Bonchev–Trinajstić information content (AvgIpc) is 2.44. The number of halogens is 1. The summed E-state index contributed by atoms with van der Waals surface area (Å²) in [5.41, 5.74) is 5.52. The quantitative estimate of drug-likeness (QED) is 0.366. The number of piperidine rings is 1. The SMILES string of the molecule is COCC(C)NC(N)=NCC1(C)CCN(C(=O)OC(C)(C)C)CC1.I. The van der Waals surface area contributed by atoms with Crippen LogP contribution in [0.25, 0.3) is 0 Å². The first-order valence-electron chi connectivity index (χ1n) is 8.58. The van der Waals surface area contributed by atoms with Crippen molar-refractivity contribution in [2.75, 3.05) is 33.4 Å². The van der Waals surface area contributed by atoms with E-state index in [1.54, 1.807) is 12.0 Å². The van der Waals surface area contributed by atoms with E-state index >= 15 is 0 Å². The Morgan fingerprint density at radius 3 is 2.40 bits per heavy atom. The standard InChI is InChI=1S/C17H34N4O3.HI/c1-13(11-23-6)20-14(18)19-12-17(5)7-9-21(10-8-17)15(22)24-16(2,3)4;/h13H,7-12H2,1-6H3,(H3,18,19,20);1H. The predicted molar refractivity (Wildman–Crippen MR) is 112 cm³/mol. The Kier molecular flexibility index (Phi) is 10.1. The number of amides is 1. The van der Waals surface area contributed by atoms with E-state index in [2.05, 4.69) is 17.2 Å². The Labute approximate surface area is 169 Å². The number of guanidine groups is 1. The summed E-state index contributed by atoms with van der Waals surface area (Å²) in [6.45, 7) is 12.4. The van der Waals surface area contributed by atoms with Crippen molar-refractivity contribution in [2.24, 2.45) is 16.1 Å². The van der Waals surface area contributed by atoms with Gasteiger partial charge in [-0.2, -0.15) is 0 Å². The maximum atomic E-state index is 12.1. The van der Waals surface area contributed by atoms with Crippen LogP contribution in [-0.2, 0) is 9.47 Å². The molecule has 0 aromatic carbocycles. The third kappa shape index (κ3) is 9.48. The molecule has 0 aliphatic carbocycles. The Morgan fingerprint density at radius 1 is 1.36 bits per heavy atom. The smallest absolute Gasteiger partial charge is 0.410 e. The van der Waals surface area contributed by atoms with E-state index < -0.39 is 5.60 Å². The third-order valence-electron chi connectivity index (χ3n) is 4.06. The molecule has 0 saturated carbocycles. The zero-order valence-corrected chi connectivity index (χ0v) is 18.8. The van der Waals surface area contributed by atoms with Crippen molar-refractivity contribution in [3.8, 4) is 0 Å². The van der Waals surface area contributed by atoms with Gasteiger partial charge in [0.15, 0.2) is 5.96 Å².